The maximum Gasteiger partial charge on any atom is 0.0798 e. The van der Waals surface area contributed by atoms with Crippen LogP contribution < -0.4 is 5.32 Å². The lowest BCUT2D eigenvalue weighted by molar-refractivity contribution is 0.0191. The Labute approximate surface area is 101 Å². The average molecular weight is 240 g/mol. The Bertz CT molecular complexity index is 345. The van der Waals surface area contributed by atoms with Crippen LogP contribution in [0.4, 0.5) is 0 Å². The van der Waals surface area contributed by atoms with Gasteiger partial charge in [0.05, 0.1) is 16.8 Å². The van der Waals surface area contributed by atoms with Crippen LogP contribution in [-0.4, -0.2) is 23.7 Å². The molecule has 2 unspecified atom stereocenters. The molecule has 3 nitrogen and oxygen atoms in total. The zero-order valence-corrected chi connectivity index (χ0v) is 11.1. The molecule has 2 rings (SSSR count). The number of nitrogens with one attached hydrogen (secondary N) is 1. The Balaban J connectivity index is 1.88. The molecule has 1 aromatic heterocycles. The van der Waals surface area contributed by atoms with Crippen LogP contribution in [0.15, 0.2) is 5.51 Å². The summed E-state index contributed by atoms with van der Waals surface area (Å²) >= 11 is 1.72. The lowest BCUT2D eigenvalue weighted by Crippen LogP contribution is -2.38. The van der Waals surface area contributed by atoms with Crippen molar-refractivity contribution in [2.24, 2.45) is 0 Å². The molecule has 0 aromatic carbocycles. The van der Waals surface area contributed by atoms with Gasteiger partial charge in [-0.15, -0.1) is 11.3 Å². The summed E-state index contributed by atoms with van der Waals surface area (Å²) in [4.78, 5) is 5.62. The highest BCUT2D eigenvalue weighted by atomic mass is 32.1. The van der Waals surface area contributed by atoms with Gasteiger partial charge in [0.1, 0.15) is 0 Å². The summed E-state index contributed by atoms with van der Waals surface area (Å²) in [5.41, 5.74) is 3.09. The van der Waals surface area contributed by atoms with Gasteiger partial charge in [0.15, 0.2) is 0 Å². The first kappa shape index (κ1) is 12.0. The van der Waals surface area contributed by atoms with Crippen molar-refractivity contribution in [3.8, 4) is 0 Å². The number of rotatable bonds is 4. The molecule has 90 valence electrons. The average Bonchev–Trinajstić information content (AvgIpc) is 2.85. The zero-order valence-electron chi connectivity index (χ0n) is 10.2. The third-order valence-corrected chi connectivity index (χ3v) is 4.37. The molecule has 0 aliphatic carbocycles. The molecule has 0 spiro atoms. The van der Waals surface area contributed by atoms with Crippen molar-refractivity contribution in [3.05, 3.63) is 16.1 Å². The van der Waals surface area contributed by atoms with Crippen LogP contribution in [0.2, 0.25) is 0 Å². The summed E-state index contributed by atoms with van der Waals surface area (Å²) in [6.07, 6.45) is 2.35. The molecule has 4 heteroatoms. The van der Waals surface area contributed by atoms with Crippen molar-refractivity contribution in [2.45, 2.75) is 45.3 Å². The van der Waals surface area contributed by atoms with Gasteiger partial charge >= 0.3 is 0 Å². The van der Waals surface area contributed by atoms with E-state index in [1.165, 1.54) is 11.3 Å². The predicted molar refractivity (Wildman–Crippen MR) is 66.9 cm³/mol. The zero-order chi connectivity index (χ0) is 11.6. The van der Waals surface area contributed by atoms with Crippen molar-refractivity contribution >= 4 is 11.3 Å². The molecule has 16 heavy (non-hydrogen) atoms. The van der Waals surface area contributed by atoms with Crippen LogP contribution in [-0.2, 0) is 4.74 Å². The van der Waals surface area contributed by atoms with Crippen molar-refractivity contribution in [1.82, 2.24) is 10.3 Å². The van der Waals surface area contributed by atoms with E-state index in [2.05, 4.69) is 31.1 Å². The van der Waals surface area contributed by atoms with E-state index in [1.807, 2.05) is 5.51 Å². The molecule has 1 aliphatic rings. The van der Waals surface area contributed by atoms with Gasteiger partial charge in [-0.1, -0.05) is 0 Å². The topological polar surface area (TPSA) is 34.2 Å². The lowest BCUT2D eigenvalue weighted by atomic mass is 10.0. The fourth-order valence-electron chi connectivity index (χ4n) is 2.16. The fourth-order valence-corrected chi connectivity index (χ4v) is 3.00. The summed E-state index contributed by atoms with van der Waals surface area (Å²) < 4.78 is 5.76. The second kappa shape index (κ2) is 4.82. The van der Waals surface area contributed by atoms with Crippen LogP contribution in [0.5, 0.6) is 0 Å². The molecule has 1 aliphatic heterocycles. The minimum absolute atomic E-state index is 0.0346. The summed E-state index contributed by atoms with van der Waals surface area (Å²) in [5, 5.41) is 3.55. The summed E-state index contributed by atoms with van der Waals surface area (Å²) in [6, 6.07) is 0.369. The van der Waals surface area contributed by atoms with Gasteiger partial charge in [0, 0.05) is 24.1 Å². The number of ether oxygens (including phenoxy) is 1. The molecular formula is C12H20N2OS. The highest BCUT2D eigenvalue weighted by Gasteiger charge is 2.30. The molecular weight excluding hydrogens is 220 g/mol. The van der Waals surface area contributed by atoms with Gasteiger partial charge in [0.25, 0.3) is 0 Å². The van der Waals surface area contributed by atoms with Crippen molar-refractivity contribution in [1.29, 1.82) is 0 Å². The maximum absolute atomic E-state index is 5.76. The number of hydrogen-bond donors (Lipinski definition) is 1. The minimum atomic E-state index is 0.0346. The lowest BCUT2D eigenvalue weighted by Gasteiger charge is -2.25. The molecule has 0 amide bonds. The van der Waals surface area contributed by atoms with Crippen molar-refractivity contribution < 1.29 is 4.74 Å². The van der Waals surface area contributed by atoms with Crippen molar-refractivity contribution in [3.63, 3.8) is 0 Å². The van der Waals surface area contributed by atoms with E-state index < -0.39 is 0 Å². The molecule has 0 radical (unpaired) electrons. The number of hydrogen-bond acceptors (Lipinski definition) is 4. The third-order valence-electron chi connectivity index (χ3n) is 3.26. The highest BCUT2D eigenvalue weighted by molar-refractivity contribution is 7.09. The van der Waals surface area contributed by atoms with Gasteiger partial charge in [-0.3, -0.25) is 0 Å². The number of aromatic nitrogens is 1. The van der Waals surface area contributed by atoms with E-state index in [0.717, 1.165) is 25.3 Å². The van der Waals surface area contributed by atoms with Gasteiger partial charge in [-0.25, -0.2) is 4.98 Å². The van der Waals surface area contributed by atoms with Crippen LogP contribution in [0, 0.1) is 6.92 Å². The Hall–Kier alpha value is -0.450. The fraction of sp³-hybridized carbons (Fsp3) is 0.750. The number of thiazole rings is 1. The van der Waals surface area contributed by atoms with E-state index in [1.54, 1.807) is 11.3 Å². The van der Waals surface area contributed by atoms with Crippen LogP contribution >= 0.6 is 11.3 Å². The summed E-state index contributed by atoms with van der Waals surface area (Å²) in [6.45, 7) is 8.29. The first-order chi connectivity index (χ1) is 7.61. The Morgan fingerprint density at radius 3 is 3.06 bits per heavy atom. The Morgan fingerprint density at radius 1 is 1.69 bits per heavy atom. The normalized spacial score (nSPS) is 27.2. The van der Waals surface area contributed by atoms with Crippen LogP contribution in [0.3, 0.4) is 0 Å². The van der Waals surface area contributed by atoms with E-state index >= 15 is 0 Å². The third kappa shape index (κ3) is 2.62. The molecule has 2 heterocycles. The van der Waals surface area contributed by atoms with Crippen LogP contribution in [0.25, 0.3) is 0 Å². The molecule has 0 bridgehead atoms. The number of aryl methyl sites for hydroxylation is 1. The van der Waals surface area contributed by atoms with Crippen molar-refractivity contribution in [2.75, 3.05) is 13.2 Å². The largest absolute Gasteiger partial charge is 0.374 e. The van der Waals surface area contributed by atoms with Gasteiger partial charge in [-0.2, -0.15) is 0 Å². The Morgan fingerprint density at radius 2 is 2.50 bits per heavy atom. The smallest absolute Gasteiger partial charge is 0.0798 e. The molecule has 1 aromatic rings. The second-order valence-corrected chi connectivity index (χ2v) is 5.69. The van der Waals surface area contributed by atoms with E-state index in [0.29, 0.717) is 6.04 Å². The molecule has 1 saturated heterocycles. The SMILES string of the molecule is Cc1ncsc1C(C)NCC1(C)CCCO1. The second-order valence-electron chi connectivity index (χ2n) is 4.81. The number of nitrogens with zero attached hydrogens (tertiary/aromatic N) is 1. The standard InChI is InChI=1S/C12H20N2OS/c1-9(11-10(2)14-8-16-11)13-7-12(3)5-4-6-15-12/h8-9,13H,4-7H2,1-3H3. The quantitative estimate of drug-likeness (QED) is 0.878. The van der Waals surface area contributed by atoms with Gasteiger partial charge < -0.3 is 10.1 Å². The van der Waals surface area contributed by atoms with E-state index in [4.69, 9.17) is 4.74 Å². The monoisotopic (exact) mass is 240 g/mol. The molecule has 0 saturated carbocycles. The minimum Gasteiger partial charge on any atom is -0.374 e. The van der Waals surface area contributed by atoms with Gasteiger partial charge in [0.2, 0.25) is 0 Å². The van der Waals surface area contributed by atoms with Gasteiger partial charge in [-0.05, 0) is 33.6 Å². The summed E-state index contributed by atoms with van der Waals surface area (Å²) in [7, 11) is 0. The molecule has 1 N–H and O–H groups in total. The first-order valence-corrected chi connectivity index (χ1v) is 6.76. The molecule has 2 atom stereocenters. The van der Waals surface area contributed by atoms with Crippen LogP contribution in [0.1, 0.15) is 43.3 Å². The summed E-state index contributed by atoms with van der Waals surface area (Å²) in [5.74, 6) is 0. The van der Waals surface area contributed by atoms with E-state index in [9.17, 15) is 0 Å². The van der Waals surface area contributed by atoms with E-state index in [-0.39, 0.29) is 5.60 Å². The molecule has 1 fully saturated rings. The predicted octanol–water partition coefficient (Wildman–Crippen LogP) is 2.67. The first-order valence-electron chi connectivity index (χ1n) is 5.88. The highest BCUT2D eigenvalue weighted by Crippen LogP contribution is 2.26. The Kier molecular flexibility index (Phi) is 3.62. The maximum atomic E-state index is 5.76.